The number of carbonyl (C=O) groups is 1. The summed E-state index contributed by atoms with van der Waals surface area (Å²) in [5.74, 6) is -0.745. The third-order valence-electron chi connectivity index (χ3n) is 16.8. The van der Waals surface area contributed by atoms with Gasteiger partial charge in [-0.1, -0.05) is 38.1 Å². The molecule has 394 valence electrons. The number of aliphatic hydroxyl groups is 1. The lowest BCUT2D eigenvalue weighted by Crippen LogP contribution is -2.54. The van der Waals surface area contributed by atoms with E-state index in [4.69, 9.17) is 14.2 Å². The van der Waals surface area contributed by atoms with Gasteiger partial charge < -0.3 is 34.5 Å². The van der Waals surface area contributed by atoms with Crippen molar-refractivity contribution in [2.45, 2.75) is 132 Å². The van der Waals surface area contributed by atoms with Gasteiger partial charge in [-0.25, -0.2) is 21.6 Å². The smallest absolute Gasteiger partial charge is 0.297 e. The van der Waals surface area contributed by atoms with Gasteiger partial charge in [-0.3, -0.25) is 19.8 Å². The summed E-state index contributed by atoms with van der Waals surface area (Å²) in [6.07, 6.45) is 10.4. The van der Waals surface area contributed by atoms with Crippen LogP contribution < -0.4 is 29.1 Å². The number of anilines is 2. The van der Waals surface area contributed by atoms with E-state index < -0.39 is 53.0 Å². The number of rotatable bonds is 13. The predicted molar refractivity (Wildman–Crippen MR) is 280 cm³/mol. The minimum absolute atomic E-state index is 0.00797. The monoisotopic (exact) mass is 1050 g/mol. The molecule has 5 aromatic rings. The third kappa shape index (κ3) is 10.0. The highest BCUT2D eigenvalue weighted by atomic mass is 32.2. The molecule has 2 saturated carbocycles. The van der Waals surface area contributed by atoms with Gasteiger partial charge in [0.15, 0.2) is 27.0 Å². The van der Waals surface area contributed by atoms with Crippen molar-refractivity contribution in [3.63, 3.8) is 0 Å². The maximum Gasteiger partial charge on any atom is 0.297 e. The Morgan fingerprint density at radius 1 is 0.986 bits per heavy atom. The topological polar surface area (TPSA) is 236 Å². The lowest BCUT2D eigenvalue weighted by Gasteiger charge is -2.56. The van der Waals surface area contributed by atoms with Crippen molar-refractivity contribution < 1.29 is 45.9 Å². The molecule has 1 spiro atoms. The van der Waals surface area contributed by atoms with Crippen molar-refractivity contribution in [1.29, 1.82) is 0 Å². The molecule has 20 heteroatoms. The summed E-state index contributed by atoms with van der Waals surface area (Å²) in [6, 6.07) is 20.1. The van der Waals surface area contributed by atoms with Crippen molar-refractivity contribution in [1.82, 2.24) is 19.6 Å². The first-order valence-electron chi connectivity index (χ1n) is 26.1. The fraction of sp³-hybridized carbons (Fsp3) is 0.519. The Kier molecular flexibility index (Phi) is 13.1. The molecule has 1 unspecified atom stereocenters. The van der Waals surface area contributed by atoms with Crippen LogP contribution in [0.2, 0.25) is 0 Å². The Morgan fingerprint density at radius 2 is 1.76 bits per heavy atom. The average molecular weight is 1050 g/mol. The summed E-state index contributed by atoms with van der Waals surface area (Å²) in [5, 5.41) is 26.9. The molecule has 0 bridgehead atoms. The van der Waals surface area contributed by atoms with Crippen LogP contribution in [-0.2, 0) is 19.9 Å². The number of H-pyrrole nitrogens is 1. The van der Waals surface area contributed by atoms with Crippen molar-refractivity contribution in [2.24, 2.45) is 11.3 Å². The second-order valence-electron chi connectivity index (χ2n) is 22.3. The summed E-state index contributed by atoms with van der Waals surface area (Å²) in [7, 11) is -8.10. The number of amides is 1. The molecule has 3 saturated heterocycles. The van der Waals surface area contributed by atoms with Crippen LogP contribution in [-0.4, -0.2) is 109 Å². The molecule has 11 rings (SSSR count). The molecule has 3 aromatic carbocycles. The van der Waals surface area contributed by atoms with Crippen LogP contribution in [0, 0.1) is 21.4 Å². The highest BCUT2D eigenvalue weighted by Crippen LogP contribution is 2.55. The molecule has 6 heterocycles. The Hall–Kier alpha value is -5.96. The van der Waals surface area contributed by atoms with Gasteiger partial charge in [-0.2, -0.15) is 4.98 Å². The minimum atomic E-state index is -4.77. The molecule has 18 nitrogen and oxygen atoms in total. The molecular formula is C54H65N7O11S2. The SMILES string of the molecule is CC(C)c1ccccc1[C@@H]1CCCN1C1CC2(CCN(c3ccc(C(=O)NS(=O)(=O)c4cc5c(c([N+](=O)[O-])c4)N[C@@H]([C@H]4CC[C@](C)(O)CC4)CO5)c(Oc4cc5cc[nH]c5nc4OC4CCS(=O)(=O)C4)c3)CC2)C1. The van der Waals surface area contributed by atoms with Crippen molar-refractivity contribution in [2.75, 3.05) is 48.0 Å². The highest BCUT2D eigenvalue weighted by Gasteiger charge is 2.50. The lowest BCUT2D eigenvalue weighted by atomic mass is 9.59. The number of aromatic amines is 1. The highest BCUT2D eigenvalue weighted by molar-refractivity contribution is 7.91. The van der Waals surface area contributed by atoms with Gasteiger partial charge in [-0.15, -0.1) is 0 Å². The molecule has 0 radical (unpaired) electrons. The number of nitrogens with one attached hydrogen (secondary N) is 3. The number of aromatic nitrogens is 2. The first kappa shape index (κ1) is 50.2. The van der Waals surface area contributed by atoms with Gasteiger partial charge in [-0.05, 0) is 137 Å². The number of hydrogen-bond donors (Lipinski definition) is 4. The number of fused-ring (bicyclic) bond motifs is 2. The molecule has 3 atom stereocenters. The molecule has 2 aromatic heterocycles. The van der Waals surface area contributed by atoms with E-state index in [-0.39, 0.29) is 76.3 Å². The molecular weight excluding hydrogens is 987 g/mol. The summed E-state index contributed by atoms with van der Waals surface area (Å²) in [4.78, 5) is 38.4. The third-order valence-corrected chi connectivity index (χ3v) is 19.9. The van der Waals surface area contributed by atoms with Gasteiger partial charge in [0, 0.05) is 60.6 Å². The molecule has 4 N–H and O–H groups in total. The van der Waals surface area contributed by atoms with Gasteiger partial charge in [0.05, 0.1) is 38.5 Å². The number of ether oxygens (including phenoxy) is 3. The standard InChI is InChI=1S/C54H65N7O11S2/c1-33(2)40-7-4-5-8-41(40)44-9-6-21-60(44)37-29-54(30-37)18-22-59(23-19-54)36-10-11-42(46(26-36)72-48-25-35-14-20-55-50(35)57-52(48)71-38-15-24-73(66,67)32-38)51(62)58-74(68,69)39-27-45(61(64)65)49-47(28-39)70-31-43(56-49)34-12-16-53(3,63)17-13-34/h4-5,7-8,10-11,14,20,25-28,33-34,37-38,43-44,56,63H,6,9,12-13,15-19,21-24,29-32H2,1-3H3,(H,55,57)(H,58,62)/t34-,38?,43-,44+,53-/m1/s1. The van der Waals surface area contributed by atoms with E-state index in [1.54, 1.807) is 37.4 Å². The lowest BCUT2D eigenvalue weighted by molar-refractivity contribution is -0.384. The van der Waals surface area contributed by atoms with Gasteiger partial charge in [0.25, 0.3) is 27.5 Å². The van der Waals surface area contributed by atoms with E-state index in [1.165, 1.54) is 36.1 Å². The van der Waals surface area contributed by atoms with Crippen molar-refractivity contribution in [3.8, 4) is 23.1 Å². The molecule has 2 aliphatic carbocycles. The molecule has 1 amide bonds. The zero-order valence-electron chi connectivity index (χ0n) is 42.0. The van der Waals surface area contributed by atoms with Crippen LogP contribution in [0.15, 0.2) is 77.8 Å². The average Bonchev–Trinajstić information content (AvgIpc) is 4.12. The van der Waals surface area contributed by atoms with Crippen LogP contribution in [0.5, 0.6) is 23.1 Å². The normalized spacial score (nSPS) is 25.8. The number of sulfone groups is 1. The molecule has 4 aliphatic heterocycles. The van der Waals surface area contributed by atoms with E-state index in [0.29, 0.717) is 54.7 Å². The number of piperidine rings is 1. The fourth-order valence-corrected chi connectivity index (χ4v) is 15.2. The first-order valence-corrected chi connectivity index (χ1v) is 29.4. The predicted octanol–water partition coefficient (Wildman–Crippen LogP) is 8.77. The zero-order valence-corrected chi connectivity index (χ0v) is 43.7. The summed E-state index contributed by atoms with van der Waals surface area (Å²) < 4.78 is 74.3. The van der Waals surface area contributed by atoms with Crippen LogP contribution in [0.3, 0.4) is 0 Å². The number of nitro benzene ring substituents is 1. The number of nitro groups is 1. The van der Waals surface area contributed by atoms with Crippen LogP contribution >= 0.6 is 0 Å². The maximum atomic E-state index is 14.4. The van der Waals surface area contributed by atoms with Gasteiger partial charge in [0.1, 0.15) is 24.1 Å². The van der Waals surface area contributed by atoms with Crippen LogP contribution in [0.4, 0.5) is 17.1 Å². The minimum Gasteiger partial charge on any atom is -0.489 e. The second-order valence-corrected chi connectivity index (χ2v) is 26.2. The molecule has 6 aliphatic rings. The quantitative estimate of drug-likeness (QED) is 0.0637. The number of likely N-dealkylation sites (tertiary alicyclic amines) is 1. The van der Waals surface area contributed by atoms with E-state index >= 15 is 0 Å². The summed E-state index contributed by atoms with van der Waals surface area (Å²) >= 11 is 0. The van der Waals surface area contributed by atoms with Gasteiger partial charge in [0.2, 0.25) is 0 Å². The Bertz CT molecular complexity index is 3210. The summed E-state index contributed by atoms with van der Waals surface area (Å²) in [5.41, 5.74) is 2.93. The number of carbonyl (C=O) groups excluding carboxylic acids is 1. The fourth-order valence-electron chi connectivity index (χ4n) is 12.6. The largest absolute Gasteiger partial charge is 0.489 e. The van der Waals surface area contributed by atoms with Crippen molar-refractivity contribution >= 4 is 53.9 Å². The van der Waals surface area contributed by atoms with Crippen LogP contribution in [0.25, 0.3) is 11.0 Å². The van der Waals surface area contributed by atoms with E-state index in [0.717, 1.165) is 57.1 Å². The van der Waals surface area contributed by atoms with E-state index in [9.17, 15) is 36.9 Å². The van der Waals surface area contributed by atoms with Crippen molar-refractivity contribution in [3.05, 3.63) is 99.7 Å². The Labute approximate surface area is 431 Å². The van der Waals surface area contributed by atoms with Gasteiger partial charge >= 0.3 is 0 Å². The number of sulfonamides is 1. The number of nitrogens with zero attached hydrogens (tertiary/aromatic N) is 4. The molecule has 74 heavy (non-hydrogen) atoms. The zero-order chi connectivity index (χ0) is 51.7. The summed E-state index contributed by atoms with van der Waals surface area (Å²) in [6.45, 7) is 9.08. The second kappa shape index (κ2) is 19.3. The Morgan fingerprint density at radius 3 is 2.49 bits per heavy atom. The number of benzene rings is 3. The van der Waals surface area contributed by atoms with E-state index in [1.807, 2.05) is 0 Å². The van der Waals surface area contributed by atoms with Crippen LogP contribution in [0.1, 0.15) is 125 Å². The van der Waals surface area contributed by atoms with E-state index in [2.05, 4.69) is 67.9 Å². The maximum absolute atomic E-state index is 14.4. The molecule has 5 fully saturated rings. The first-order chi connectivity index (χ1) is 35.3. The number of hydrogen-bond acceptors (Lipinski definition) is 15. The number of pyridine rings is 1. The Balaban J connectivity index is 0.851.